The molecular formula is C16H17N3. The highest BCUT2D eigenvalue weighted by Crippen LogP contribution is 2.10. The van der Waals surface area contributed by atoms with E-state index in [1.165, 1.54) is 5.56 Å². The molecule has 19 heavy (non-hydrogen) atoms. The van der Waals surface area contributed by atoms with Gasteiger partial charge in [0.05, 0.1) is 11.0 Å². The highest BCUT2D eigenvalue weighted by Gasteiger charge is 2.01. The van der Waals surface area contributed by atoms with Crippen molar-refractivity contribution in [2.45, 2.75) is 13.0 Å². The molecule has 0 aliphatic carbocycles. The van der Waals surface area contributed by atoms with Crippen molar-refractivity contribution < 1.29 is 0 Å². The first kappa shape index (κ1) is 11.9. The Bertz CT molecular complexity index is 610. The van der Waals surface area contributed by atoms with Gasteiger partial charge in [-0.3, -0.25) is 0 Å². The van der Waals surface area contributed by atoms with E-state index in [9.17, 15) is 0 Å². The van der Waals surface area contributed by atoms with Crippen molar-refractivity contribution in [3.63, 3.8) is 0 Å². The third-order valence-electron chi connectivity index (χ3n) is 3.15. The van der Waals surface area contributed by atoms with Gasteiger partial charge in [-0.25, -0.2) is 4.98 Å². The number of hydrogen-bond donors (Lipinski definition) is 2. The van der Waals surface area contributed by atoms with E-state index < -0.39 is 0 Å². The van der Waals surface area contributed by atoms with Crippen LogP contribution < -0.4 is 5.32 Å². The lowest BCUT2D eigenvalue weighted by Gasteiger charge is -2.03. The SMILES string of the molecule is c1ccc(CNCCc2nc3ccccc3[nH]2)cc1. The van der Waals surface area contributed by atoms with Crippen molar-refractivity contribution in [2.75, 3.05) is 6.54 Å². The minimum absolute atomic E-state index is 0.904. The molecule has 0 saturated carbocycles. The van der Waals surface area contributed by atoms with Gasteiger partial charge in [-0.05, 0) is 17.7 Å². The van der Waals surface area contributed by atoms with Crippen LogP contribution in [0.5, 0.6) is 0 Å². The van der Waals surface area contributed by atoms with Crippen molar-refractivity contribution in [2.24, 2.45) is 0 Å². The Balaban J connectivity index is 1.52. The first-order chi connectivity index (χ1) is 9.42. The van der Waals surface area contributed by atoms with Gasteiger partial charge in [-0.2, -0.15) is 0 Å². The van der Waals surface area contributed by atoms with E-state index in [2.05, 4.69) is 45.6 Å². The minimum Gasteiger partial charge on any atom is -0.342 e. The highest BCUT2D eigenvalue weighted by atomic mass is 14.9. The molecule has 0 aliphatic rings. The summed E-state index contributed by atoms with van der Waals surface area (Å²) >= 11 is 0. The van der Waals surface area contributed by atoms with Crippen LogP contribution in [-0.4, -0.2) is 16.5 Å². The van der Waals surface area contributed by atoms with Crippen LogP contribution in [0.4, 0.5) is 0 Å². The first-order valence-electron chi connectivity index (χ1n) is 6.60. The topological polar surface area (TPSA) is 40.7 Å². The van der Waals surface area contributed by atoms with Gasteiger partial charge in [0, 0.05) is 19.5 Å². The first-order valence-corrected chi connectivity index (χ1v) is 6.60. The van der Waals surface area contributed by atoms with E-state index in [1.54, 1.807) is 0 Å². The molecule has 0 fully saturated rings. The van der Waals surface area contributed by atoms with E-state index in [1.807, 2.05) is 24.3 Å². The fourth-order valence-corrected chi connectivity index (χ4v) is 2.16. The number of nitrogens with zero attached hydrogens (tertiary/aromatic N) is 1. The number of nitrogens with one attached hydrogen (secondary N) is 2. The monoisotopic (exact) mass is 251 g/mol. The van der Waals surface area contributed by atoms with E-state index in [4.69, 9.17) is 0 Å². The largest absolute Gasteiger partial charge is 0.342 e. The van der Waals surface area contributed by atoms with Crippen LogP contribution in [-0.2, 0) is 13.0 Å². The summed E-state index contributed by atoms with van der Waals surface area (Å²) in [7, 11) is 0. The van der Waals surface area contributed by atoms with Crippen LogP contribution in [0.25, 0.3) is 11.0 Å². The standard InChI is InChI=1S/C16H17N3/c1-2-6-13(7-3-1)12-17-11-10-16-18-14-8-4-5-9-15(14)19-16/h1-9,17H,10-12H2,(H,18,19). The number of imidazole rings is 1. The second kappa shape index (κ2) is 5.67. The van der Waals surface area contributed by atoms with Crippen molar-refractivity contribution in [1.82, 2.24) is 15.3 Å². The van der Waals surface area contributed by atoms with Gasteiger partial charge in [0.25, 0.3) is 0 Å². The van der Waals surface area contributed by atoms with Crippen molar-refractivity contribution in [1.29, 1.82) is 0 Å². The Kier molecular flexibility index (Phi) is 3.56. The third kappa shape index (κ3) is 3.01. The summed E-state index contributed by atoms with van der Waals surface area (Å²) in [5.41, 5.74) is 3.47. The predicted molar refractivity (Wildman–Crippen MR) is 77.9 cm³/mol. The number of benzene rings is 2. The summed E-state index contributed by atoms with van der Waals surface area (Å²) in [6.07, 6.45) is 0.918. The molecule has 1 aromatic heterocycles. The molecule has 3 heteroatoms. The number of aromatic amines is 1. The molecule has 0 atom stereocenters. The van der Waals surface area contributed by atoms with Crippen LogP contribution in [0.2, 0.25) is 0 Å². The van der Waals surface area contributed by atoms with Crippen molar-refractivity contribution in [3.8, 4) is 0 Å². The molecular weight excluding hydrogens is 234 g/mol. The number of hydrogen-bond acceptors (Lipinski definition) is 2. The molecule has 0 amide bonds. The molecule has 3 rings (SSSR count). The zero-order valence-corrected chi connectivity index (χ0v) is 10.8. The van der Waals surface area contributed by atoms with Crippen molar-refractivity contribution in [3.05, 3.63) is 66.0 Å². The number of fused-ring (bicyclic) bond motifs is 1. The van der Waals surface area contributed by atoms with Gasteiger partial charge >= 0.3 is 0 Å². The lowest BCUT2D eigenvalue weighted by Crippen LogP contribution is -2.17. The molecule has 96 valence electrons. The number of para-hydroxylation sites is 2. The van der Waals surface area contributed by atoms with Gasteiger partial charge < -0.3 is 10.3 Å². The molecule has 2 N–H and O–H groups in total. The molecule has 0 unspecified atom stereocenters. The van der Waals surface area contributed by atoms with Gasteiger partial charge in [-0.15, -0.1) is 0 Å². The zero-order chi connectivity index (χ0) is 12.9. The van der Waals surface area contributed by atoms with Gasteiger partial charge in [0.15, 0.2) is 0 Å². The van der Waals surface area contributed by atoms with Crippen molar-refractivity contribution >= 4 is 11.0 Å². The molecule has 2 aromatic carbocycles. The summed E-state index contributed by atoms with van der Waals surface area (Å²) in [6.45, 7) is 1.83. The summed E-state index contributed by atoms with van der Waals surface area (Å²) in [5.74, 6) is 1.04. The maximum atomic E-state index is 4.56. The third-order valence-corrected chi connectivity index (χ3v) is 3.15. The van der Waals surface area contributed by atoms with Crippen LogP contribution in [0, 0.1) is 0 Å². The van der Waals surface area contributed by atoms with E-state index in [-0.39, 0.29) is 0 Å². The number of rotatable bonds is 5. The molecule has 3 nitrogen and oxygen atoms in total. The smallest absolute Gasteiger partial charge is 0.108 e. The lowest BCUT2D eigenvalue weighted by molar-refractivity contribution is 0.675. The summed E-state index contributed by atoms with van der Waals surface area (Å²) in [6, 6.07) is 18.6. The van der Waals surface area contributed by atoms with E-state index in [0.29, 0.717) is 0 Å². The van der Waals surface area contributed by atoms with Gasteiger partial charge in [-0.1, -0.05) is 42.5 Å². The fraction of sp³-hybridized carbons (Fsp3) is 0.188. The van der Waals surface area contributed by atoms with E-state index >= 15 is 0 Å². The van der Waals surface area contributed by atoms with Crippen LogP contribution in [0.3, 0.4) is 0 Å². The summed E-state index contributed by atoms with van der Waals surface area (Å²) in [4.78, 5) is 7.90. The average molecular weight is 251 g/mol. The second-order valence-electron chi connectivity index (χ2n) is 4.61. The lowest BCUT2D eigenvalue weighted by atomic mass is 10.2. The Morgan fingerprint density at radius 3 is 2.58 bits per heavy atom. The van der Waals surface area contributed by atoms with Crippen LogP contribution >= 0.6 is 0 Å². The number of aromatic nitrogens is 2. The Morgan fingerprint density at radius 2 is 1.74 bits per heavy atom. The maximum Gasteiger partial charge on any atom is 0.108 e. The Labute approximate surface area is 112 Å². The van der Waals surface area contributed by atoms with E-state index in [0.717, 1.165) is 36.4 Å². The zero-order valence-electron chi connectivity index (χ0n) is 10.8. The number of H-pyrrole nitrogens is 1. The average Bonchev–Trinajstić information content (AvgIpc) is 2.87. The fourth-order valence-electron chi connectivity index (χ4n) is 2.16. The molecule has 0 bridgehead atoms. The quantitative estimate of drug-likeness (QED) is 0.685. The summed E-state index contributed by atoms with van der Waals surface area (Å²) < 4.78 is 0. The second-order valence-corrected chi connectivity index (χ2v) is 4.61. The normalized spacial score (nSPS) is 10.9. The Morgan fingerprint density at radius 1 is 0.947 bits per heavy atom. The molecule has 0 spiro atoms. The van der Waals surface area contributed by atoms with Crippen LogP contribution in [0.1, 0.15) is 11.4 Å². The van der Waals surface area contributed by atoms with Gasteiger partial charge in [0.2, 0.25) is 0 Å². The highest BCUT2D eigenvalue weighted by molar-refractivity contribution is 5.74. The predicted octanol–water partition coefficient (Wildman–Crippen LogP) is 2.90. The molecule has 0 saturated heterocycles. The minimum atomic E-state index is 0.904. The Hall–Kier alpha value is -2.13. The van der Waals surface area contributed by atoms with Gasteiger partial charge in [0.1, 0.15) is 5.82 Å². The summed E-state index contributed by atoms with van der Waals surface area (Å²) in [5, 5.41) is 3.43. The maximum absolute atomic E-state index is 4.56. The molecule has 0 radical (unpaired) electrons. The molecule has 3 aromatic rings. The van der Waals surface area contributed by atoms with Crippen LogP contribution in [0.15, 0.2) is 54.6 Å². The molecule has 1 heterocycles. The molecule has 0 aliphatic heterocycles.